The van der Waals surface area contributed by atoms with Gasteiger partial charge in [-0.25, -0.2) is 0 Å². The summed E-state index contributed by atoms with van der Waals surface area (Å²) >= 11 is 4.18. The van der Waals surface area contributed by atoms with E-state index >= 15 is 0 Å². The Morgan fingerprint density at radius 3 is 2.74 bits per heavy atom. The van der Waals surface area contributed by atoms with E-state index in [1.807, 2.05) is 6.20 Å². The molecule has 0 bridgehead atoms. The van der Waals surface area contributed by atoms with Gasteiger partial charge in [-0.2, -0.15) is 0 Å². The van der Waals surface area contributed by atoms with E-state index in [9.17, 15) is 0 Å². The van der Waals surface area contributed by atoms with Crippen LogP contribution in [0.4, 0.5) is 0 Å². The van der Waals surface area contributed by atoms with Crippen LogP contribution in [0.15, 0.2) is 29.8 Å². The standard InChI is InChI=1S/C15H19IN2S/c1-3-11-5-6-13(18-9-11)8-14(17-4-2)12-7-15(16)19-10-12/h5-7,9-10,14,17H,3-4,8H2,1-2H3. The average molecular weight is 386 g/mol. The Balaban J connectivity index is 2.11. The molecule has 0 aromatic carbocycles. The number of thiophene rings is 1. The van der Waals surface area contributed by atoms with Crippen LogP contribution in [0, 0.1) is 2.88 Å². The maximum absolute atomic E-state index is 4.57. The molecular weight excluding hydrogens is 367 g/mol. The highest BCUT2D eigenvalue weighted by Crippen LogP contribution is 2.24. The number of pyridine rings is 1. The van der Waals surface area contributed by atoms with Crippen molar-refractivity contribution in [2.24, 2.45) is 0 Å². The molecular formula is C15H19IN2S. The first-order valence-corrected chi connectivity index (χ1v) is 8.59. The van der Waals surface area contributed by atoms with Crippen molar-refractivity contribution in [3.05, 3.63) is 49.5 Å². The third-order valence-electron chi connectivity index (χ3n) is 3.15. The van der Waals surface area contributed by atoms with E-state index in [4.69, 9.17) is 0 Å². The molecule has 102 valence electrons. The molecule has 2 aromatic heterocycles. The second kappa shape index (κ2) is 7.36. The topological polar surface area (TPSA) is 24.9 Å². The fraction of sp³-hybridized carbons (Fsp3) is 0.400. The summed E-state index contributed by atoms with van der Waals surface area (Å²) in [5.74, 6) is 0. The second-order valence-electron chi connectivity index (χ2n) is 4.51. The zero-order valence-corrected chi connectivity index (χ0v) is 14.3. The minimum Gasteiger partial charge on any atom is -0.310 e. The number of hydrogen-bond acceptors (Lipinski definition) is 3. The lowest BCUT2D eigenvalue weighted by atomic mass is 10.0. The second-order valence-corrected chi connectivity index (χ2v) is 7.32. The van der Waals surface area contributed by atoms with Crippen molar-refractivity contribution >= 4 is 33.9 Å². The Hall–Kier alpha value is -0.460. The van der Waals surface area contributed by atoms with Crippen LogP contribution in [0.2, 0.25) is 0 Å². The first kappa shape index (κ1) is 14.9. The van der Waals surface area contributed by atoms with Crippen molar-refractivity contribution in [3.63, 3.8) is 0 Å². The molecule has 2 nitrogen and oxygen atoms in total. The predicted molar refractivity (Wildman–Crippen MR) is 90.8 cm³/mol. The van der Waals surface area contributed by atoms with Gasteiger partial charge in [0.2, 0.25) is 0 Å². The summed E-state index contributed by atoms with van der Waals surface area (Å²) in [6, 6.07) is 6.96. The molecule has 1 atom stereocenters. The smallest absolute Gasteiger partial charge is 0.0656 e. The lowest BCUT2D eigenvalue weighted by Gasteiger charge is -2.16. The Morgan fingerprint density at radius 2 is 2.21 bits per heavy atom. The largest absolute Gasteiger partial charge is 0.310 e. The maximum Gasteiger partial charge on any atom is 0.0656 e. The van der Waals surface area contributed by atoms with Gasteiger partial charge in [0.05, 0.1) is 2.88 Å². The molecule has 19 heavy (non-hydrogen) atoms. The molecule has 0 aliphatic carbocycles. The quantitative estimate of drug-likeness (QED) is 0.753. The first-order valence-electron chi connectivity index (χ1n) is 6.64. The molecule has 0 fully saturated rings. The molecule has 0 saturated heterocycles. The first-order chi connectivity index (χ1) is 9.22. The van der Waals surface area contributed by atoms with E-state index in [-0.39, 0.29) is 0 Å². The lowest BCUT2D eigenvalue weighted by Crippen LogP contribution is -2.22. The summed E-state index contributed by atoms with van der Waals surface area (Å²) < 4.78 is 1.34. The van der Waals surface area contributed by atoms with Gasteiger partial charge in [-0.05, 0) is 64.2 Å². The fourth-order valence-corrected chi connectivity index (χ4v) is 3.48. The van der Waals surface area contributed by atoms with Crippen molar-refractivity contribution in [3.8, 4) is 0 Å². The number of hydrogen-bond donors (Lipinski definition) is 1. The minimum atomic E-state index is 0.366. The Morgan fingerprint density at radius 1 is 1.37 bits per heavy atom. The summed E-state index contributed by atoms with van der Waals surface area (Å²) in [6.07, 6.45) is 3.99. The maximum atomic E-state index is 4.57. The molecule has 1 unspecified atom stereocenters. The number of likely N-dealkylation sites (N-methyl/N-ethyl adjacent to an activating group) is 1. The molecule has 2 aromatic rings. The molecule has 0 radical (unpaired) electrons. The monoisotopic (exact) mass is 386 g/mol. The van der Waals surface area contributed by atoms with Gasteiger partial charge in [-0.15, -0.1) is 11.3 Å². The minimum absolute atomic E-state index is 0.366. The van der Waals surface area contributed by atoms with E-state index < -0.39 is 0 Å². The number of rotatable bonds is 6. The summed E-state index contributed by atoms with van der Waals surface area (Å²) in [4.78, 5) is 4.57. The molecule has 0 saturated carbocycles. The number of nitrogens with one attached hydrogen (secondary N) is 1. The van der Waals surface area contributed by atoms with Crippen molar-refractivity contribution in [1.29, 1.82) is 0 Å². The van der Waals surface area contributed by atoms with Gasteiger partial charge in [0.1, 0.15) is 0 Å². The van der Waals surface area contributed by atoms with Gasteiger partial charge in [-0.1, -0.05) is 19.9 Å². The highest BCUT2D eigenvalue weighted by atomic mass is 127. The number of halogens is 1. The van der Waals surface area contributed by atoms with Crippen molar-refractivity contribution in [1.82, 2.24) is 10.3 Å². The van der Waals surface area contributed by atoms with Crippen LogP contribution in [0.25, 0.3) is 0 Å². The van der Waals surface area contributed by atoms with Gasteiger partial charge in [0, 0.05) is 24.4 Å². The molecule has 0 amide bonds. The van der Waals surface area contributed by atoms with Gasteiger partial charge in [0.15, 0.2) is 0 Å². The van der Waals surface area contributed by atoms with Gasteiger partial charge >= 0.3 is 0 Å². The average Bonchev–Trinajstić information content (AvgIpc) is 2.86. The fourth-order valence-electron chi connectivity index (χ4n) is 2.05. The predicted octanol–water partition coefficient (Wildman–Crippen LogP) is 4.20. The van der Waals surface area contributed by atoms with Crippen LogP contribution < -0.4 is 5.32 Å². The van der Waals surface area contributed by atoms with Gasteiger partial charge < -0.3 is 5.32 Å². The number of aromatic nitrogens is 1. The van der Waals surface area contributed by atoms with Crippen LogP contribution in [-0.2, 0) is 12.8 Å². The van der Waals surface area contributed by atoms with E-state index in [1.54, 1.807) is 11.3 Å². The molecule has 1 N–H and O–H groups in total. The van der Waals surface area contributed by atoms with Crippen LogP contribution in [0.1, 0.15) is 36.7 Å². The highest BCUT2D eigenvalue weighted by Gasteiger charge is 2.13. The van der Waals surface area contributed by atoms with E-state index in [1.165, 1.54) is 14.0 Å². The third-order valence-corrected chi connectivity index (χ3v) is 4.96. The van der Waals surface area contributed by atoms with Crippen molar-refractivity contribution in [2.45, 2.75) is 32.7 Å². The van der Waals surface area contributed by atoms with Crippen LogP contribution in [0.3, 0.4) is 0 Å². The molecule has 0 aliphatic rings. The molecule has 0 spiro atoms. The summed E-state index contributed by atoms with van der Waals surface area (Å²) in [5, 5.41) is 5.80. The van der Waals surface area contributed by atoms with Gasteiger partial charge in [0.25, 0.3) is 0 Å². The van der Waals surface area contributed by atoms with Crippen LogP contribution in [0.5, 0.6) is 0 Å². The summed E-state index contributed by atoms with van der Waals surface area (Å²) in [7, 11) is 0. The normalized spacial score (nSPS) is 12.6. The Bertz CT molecular complexity index is 507. The van der Waals surface area contributed by atoms with Crippen molar-refractivity contribution < 1.29 is 0 Å². The number of aryl methyl sites for hydroxylation is 1. The van der Waals surface area contributed by atoms with Gasteiger partial charge in [-0.3, -0.25) is 4.98 Å². The summed E-state index contributed by atoms with van der Waals surface area (Å²) in [6.45, 7) is 5.29. The summed E-state index contributed by atoms with van der Waals surface area (Å²) in [5.41, 5.74) is 3.83. The van der Waals surface area contributed by atoms with Crippen molar-refractivity contribution in [2.75, 3.05) is 6.54 Å². The molecule has 2 heterocycles. The molecule has 4 heteroatoms. The zero-order valence-electron chi connectivity index (χ0n) is 11.3. The van der Waals surface area contributed by atoms with E-state index in [2.05, 4.69) is 70.3 Å². The third kappa shape index (κ3) is 4.26. The Kier molecular flexibility index (Phi) is 5.78. The van der Waals surface area contributed by atoms with E-state index in [0.29, 0.717) is 6.04 Å². The number of nitrogens with zero attached hydrogens (tertiary/aromatic N) is 1. The molecule has 2 rings (SSSR count). The highest BCUT2D eigenvalue weighted by molar-refractivity contribution is 14.1. The lowest BCUT2D eigenvalue weighted by molar-refractivity contribution is 0.545. The van der Waals surface area contributed by atoms with Crippen LogP contribution >= 0.6 is 33.9 Å². The van der Waals surface area contributed by atoms with Crippen LogP contribution in [-0.4, -0.2) is 11.5 Å². The zero-order chi connectivity index (χ0) is 13.7. The SMILES string of the molecule is CCNC(Cc1ccc(CC)cn1)c1csc(I)c1. The molecule has 0 aliphatic heterocycles. The van der Waals surface area contributed by atoms with E-state index in [0.717, 1.165) is 25.1 Å². The Labute approximate surface area is 132 Å².